The van der Waals surface area contributed by atoms with Crippen molar-refractivity contribution in [3.63, 3.8) is 0 Å². The van der Waals surface area contributed by atoms with E-state index in [0.29, 0.717) is 18.8 Å². The number of methoxy groups -OCH3 is 1. The summed E-state index contributed by atoms with van der Waals surface area (Å²) in [5.41, 5.74) is 5.14. The Hall–Kier alpha value is -2.69. The summed E-state index contributed by atoms with van der Waals surface area (Å²) in [6, 6.07) is 14.3. The van der Waals surface area contributed by atoms with Crippen molar-refractivity contribution in [1.29, 1.82) is 0 Å². The van der Waals surface area contributed by atoms with Gasteiger partial charge in [0.05, 0.1) is 19.8 Å². The lowest BCUT2D eigenvalue weighted by atomic mass is 9.50. The normalized spacial score (nSPS) is 27.0. The number of amides is 1. The Bertz CT molecular complexity index is 1250. The Morgan fingerprint density at radius 2 is 1.57 bits per heavy atom. The number of anilines is 1. The molecule has 0 radical (unpaired) electrons. The number of carbonyl (C=O) groups excluding carboxylic acids is 1. The van der Waals surface area contributed by atoms with Crippen LogP contribution in [0.4, 0.5) is 5.69 Å². The van der Waals surface area contributed by atoms with Crippen molar-refractivity contribution in [1.82, 2.24) is 9.80 Å². The second kappa shape index (κ2) is 13.3. The van der Waals surface area contributed by atoms with Crippen LogP contribution in [-0.4, -0.2) is 75.4 Å². The standard InChI is InChI=1S/C36H47N3O3/c1-27-19-28(9-10-36-23-30-20-31(24-36)22-32(21-30)25-36)5-8-34(27)37-35(40)33-6-3-29(4-7-33)26-39-13-11-38(12-14-39)15-16-42-18-17-41-2/h3-8,19,30-32H,11-18,20-26H2,1-2H3,(H,37,40). The van der Waals surface area contributed by atoms with Gasteiger partial charge >= 0.3 is 0 Å². The molecule has 1 aliphatic heterocycles. The van der Waals surface area contributed by atoms with Gasteiger partial charge in [-0.25, -0.2) is 0 Å². The van der Waals surface area contributed by atoms with Gasteiger partial charge in [-0.3, -0.25) is 14.6 Å². The number of hydrogen-bond donors (Lipinski definition) is 1. The highest BCUT2D eigenvalue weighted by molar-refractivity contribution is 6.04. The lowest BCUT2D eigenvalue weighted by Gasteiger charge is -2.54. The second-order valence-corrected chi connectivity index (χ2v) is 13.4. The van der Waals surface area contributed by atoms with Crippen LogP contribution in [0.2, 0.25) is 0 Å². The van der Waals surface area contributed by atoms with Gasteiger partial charge in [-0.15, -0.1) is 0 Å². The van der Waals surface area contributed by atoms with Crippen LogP contribution < -0.4 is 5.32 Å². The SMILES string of the molecule is COCCOCCN1CCN(Cc2ccc(C(=O)Nc3ccc(C#CC45CC6CC(CC(C6)C4)C5)cc3C)cc2)CC1. The number of benzene rings is 2. The quantitative estimate of drug-likeness (QED) is 0.298. The summed E-state index contributed by atoms with van der Waals surface area (Å²) in [7, 11) is 1.70. The lowest BCUT2D eigenvalue weighted by Crippen LogP contribution is -2.46. The maximum absolute atomic E-state index is 13.0. The van der Waals surface area contributed by atoms with Crippen molar-refractivity contribution < 1.29 is 14.3 Å². The first-order valence-corrected chi connectivity index (χ1v) is 16.0. The van der Waals surface area contributed by atoms with Gasteiger partial charge in [0.25, 0.3) is 5.91 Å². The minimum atomic E-state index is -0.0709. The van der Waals surface area contributed by atoms with Gasteiger partial charge in [-0.05, 0) is 105 Å². The molecular weight excluding hydrogens is 522 g/mol. The van der Waals surface area contributed by atoms with Gasteiger partial charge in [0.1, 0.15) is 0 Å². The van der Waals surface area contributed by atoms with Crippen LogP contribution in [0, 0.1) is 41.9 Å². The van der Waals surface area contributed by atoms with E-state index in [1.807, 2.05) is 18.2 Å². The number of aryl methyl sites for hydroxylation is 1. The molecule has 1 N–H and O–H groups in total. The number of hydrogen-bond acceptors (Lipinski definition) is 5. The van der Waals surface area contributed by atoms with E-state index >= 15 is 0 Å². The van der Waals surface area contributed by atoms with E-state index in [2.05, 4.69) is 58.1 Å². The van der Waals surface area contributed by atoms with Crippen LogP contribution in [0.5, 0.6) is 0 Å². The van der Waals surface area contributed by atoms with E-state index in [9.17, 15) is 4.79 Å². The molecule has 0 atom stereocenters. The largest absolute Gasteiger partial charge is 0.382 e. The molecule has 6 heteroatoms. The molecule has 5 aliphatic rings. The molecule has 1 saturated heterocycles. The predicted molar refractivity (Wildman–Crippen MR) is 167 cm³/mol. The average Bonchev–Trinajstić information content (AvgIpc) is 2.98. The molecule has 7 rings (SSSR count). The summed E-state index contributed by atoms with van der Waals surface area (Å²) in [6.45, 7) is 10.2. The predicted octanol–water partition coefficient (Wildman–Crippen LogP) is 5.60. The third kappa shape index (κ3) is 7.26. The van der Waals surface area contributed by atoms with E-state index in [-0.39, 0.29) is 11.3 Å². The average molecular weight is 570 g/mol. The Labute approximate surface area is 252 Å². The maximum Gasteiger partial charge on any atom is 0.255 e. The molecule has 6 nitrogen and oxygen atoms in total. The number of piperazine rings is 1. The summed E-state index contributed by atoms with van der Waals surface area (Å²) < 4.78 is 10.6. The first-order chi connectivity index (χ1) is 20.5. The van der Waals surface area contributed by atoms with Crippen LogP contribution in [0.25, 0.3) is 0 Å². The zero-order chi connectivity index (χ0) is 28.9. The fraction of sp³-hybridized carbons (Fsp3) is 0.583. The van der Waals surface area contributed by atoms with Crippen LogP contribution in [0.15, 0.2) is 42.5 Å². The second-order valence-electron chi connectivity index (χ2n) is 13.4. The van der Waals surface area contributed by atoms with E-state index in [4.69, 9.17) is 9.47 Å². The van der Waals surface area contributed by atoms with Crippen LogP contribution >= 0.6 is 0 Å². The lowest BCUT2D eigenvalue weighted by molar-refractivity contribution is -0.0181. The molecule has 0 spiro atoms. The van der Waals surface area contributed by atoms with E-state index in [1.165, 1.54) is 44.1 Å². The molecule has 5 fully saturated rings. The van der Waals surface area contributed by atoms with Crippen molar-refractivity contribution in [3.05, 3.63) is 64.7 Å². The van der Waals surface area contributed by atoms with Gasteiger partial charge in [0, 0.05) is 68.6 Å². The molecule has 0 aromatic heterocycles. The number of nitrogens with one attached hydrogen (secondary N) is 1. The van der Waals surface area contributed by atoms with Crippen LogP contribution in [-0.2, 0) is 16.0 Å². The van der Waals surface area contributed by atoms with Crippen LogP contribution in [0.1, 0.15) is 65.6 Å². The van der Waals surface area contributed by atoms with Gasteiger partial charge in [-0.1, -0.05) is 24.0 Å². The zero-order valence-electron chi connectivity index (χ0n) is 25.5. The Balaban J connectivity index is 0.973. The first-order valence-electron chi connectivity index (χ1n) is 16.0. The van der Waals surface area contributed by atoms with Gasteiger partial charge < -0.3 is 14.8 Å². The Kier molecular flexibility index (Phi) is 9.31. The number of rotatable bonds is 10. The van der Waals surface area contributed by atoms with Crippen LogP contribution in [0.3, 0.4) is 0 Å². The highest BCUT2D eigenvalue weighted by Gasteiger charge is 2.50. The highest BCUT2D eigenvalue weighted by Crippen LogP contribution is 2.59. The summed E-state index contributed by atoms with van der Waals surface area (Å²) in [4.78, 5) is 18.0. The fourth-order valence-corrected chi connectivity index (χ4v) is 8.17. The van der Waals surface area contributed by atoms with E-state index in [0.717, 1.165) is 80.4 Å². The topological polar surface area (TPSA) is 54.0 Å². The van der Waals surface area contributed by atoms with E-state index < -0.39 is 0 Å². The first kappa shape index (κ1) is 29.4. The number of ether oxygens (including phenoxy) is 2. The molecule has 4 aliphatic carbocycles. The highest BCUT2D eigenvalue weighted by atomic mass is 16.5. The monoisotopic (exact) mass is 569 g/mol. The molecule has 0 unspecified atom stereocenters. The summed E-state index contributed by atoms with van der Waals surface area (Å²) in [6.07, 6.45) is 8.26. The maximum atomic E-state index is 13.0. The molecule has 42 heavy (non-hydrogen) atoms. The minimum Gasteiger partial charge on any atom is -0.382 e. The van der Waals surface area contributed by atoms with Gasteiger partial charge in [0.2, 0.25) is 0 Å². The molecular formula is C36H47N3O3. The molecule has 1 amide bonds. The smallest absolute Gasteiger partial charge is 0.255 e. The molecule has 2 aromatic rings. The Morgan fingerprint density at radius 3 is 2.21 bits per heavy atom. The van der Waals surface area contributed by atoms with Gasteiger partial charge in [0.15, 0.2) is 0 Å². The summed E-state index contributed by atoms with van der Waals surface area (Å²) in [5, 5.41) is 3.12. The Morgan fingerprint density at radius 1 is 0.905 bits per heavy atom. The summed E-state index contributed by atoms with van der Waals surface area (Å²) in [5.74, 6) is 9.96. The molecule has 2 aromatic carbocycles. The zero-order valence-corrected chi connectivity index (χ0v) is 25.5. The molecule has 4 saturated carbocycles. The molecule has 4 bridgehead atoms. The van der Waals surface area contributed by atoms with Crippen molar-refractivity contribution >= 4 is 11.6 Å². The van der Waals surface area contributed by atoms with Crippen molar-refractivity contribution in [2.45, 2.75) is 52.0 Å². The third-order valence-electron chi connectivity index (χ3n) is 10.1. The van der Waals surface area contributed by atoms with Gasteiger partial charge in [-0.2, -0.15) is 0 Å². The third-order valence-corrected chi connectivity index (χ3v) is 10.1. The molecule has 1 heterocycles. The number of nitrogens with zero attached hydrogens (tertiary/aromatic N) is 2. The van der Waals surface area contributed by atoms with Crippen molar-refractivity contribution in [3.8, 4) is 11.8 Å². The van der Waals surface area contributed by atoms with Crippen molar-refractivity contribution in [2.24, 2.45) is 23.2 Å². The fourth-order valence-electron chi connectivity index (χ4n) is 8.17. The minimum absolute atomic E-state index is 0.0709. The number of carbonyl (C=O) groups is 1. The molecule has 224 valence electrons. The van der Waals surface area contributed by atoms with E-state index in [1.54, 1.807) is 7.11 Å². The van der Waals surface area contributed by atoms with Crippen molar-refractivity contribution in [2.75, 3.05) is 65.0 Å². The summed E-state index contributed by atoms with van der Waals surface area (Å²) >= 11 is 0.